The maximum absolute atomic E-state index is 11.4. The zero-order valence-corrected chi connectivity index (χ0v) is 12.2. The molecule has 0 saturated heterocycles. The summed E-state index contributed by atoms with van der Waals surface area (Å²) in [5.74, 6) is 0. The fourth-order valence-corrected chi connectivity index (χ4v) is 3.33. The van der Waals surface area contributed by atoms with E-state index in [1.54, 1.807) is 12.1 Å². The number of sulfone groups is 1. The molecule has 3 rings (SSSR count). The predicted molar refractivity (Wildman–Crippen MR) is 80.8 cm³/mol. The van der Waals surface area contributed by atoms with Crippen LogP contribution in [0.3, 0.4) is 0 Å². The van der Waals surface area contributed by atoms with Gasteiger partial charge in [-0.2, -0.15) is 0 Å². The molecule has 0 fully saturated rings. The highest BCUT2D eigenvalue weighted by molar-refractivity contribution is 7.90. The minimum atomic E-state index is -3.12. The largest absolute Gasteiger partial charge is 0.382 e. The van der Waals surface area contributed by atoms with E-state index in [2.05, 4.69) is 29.6 Å². The van der Waals surface area contributed by atoms with Crippen LogP contribution in [0, 0.1) is 0 Å². The first kappa shape index (κ1) is 13.2. The number of hydrogen-bond donors (Lipinski definition) is 1. The lowest BCUT2D eigenvalue weighted by Gasteiger charge is -2.13. The summed E-state index contributed by atoms with van der Waals surface area (Å²) in [4.78, 5) is 0.359. The van der Waals surface area contributed by atoms with E-state index in [0.29, 0.717) is 10.9 Å². The van der Waals surface area contributed by atoms with Crippen molar-refractivity contribution < 1.29 is 8.42 Å². The first-order valence-electron chi connectivity index (χ1n) is 6.66. The van der Waals surface area contributed by atoms with Gasteiger partial charge in [-0.05, 0) is 48.2 Å². The quantitative estimate of drug-likeness (QED) is 0.944. The summed E-state index contributed by atoms with van der Waals surface area (Å²) in [6.45, 7) is 0. The van der Waals surface area contributed by atoms with Crippen LogP contribution in [0.2, 0.25) is 0 Å². The number of fused-ring (bicyclic) bond motifs is 1. The van der Waals surface area contributed by atoms with Crippen LogP contribution < -0.4 is 5.32 Å². The van der Waals surface area contributed by atoms with Gasteiger partial charge in [0.1, 0.15) is 0 Å². The number of nitrogens with one attached hydrogen (secondary N) is 1. The molecule has 2 aromatic carbocycles. The molecular weight excluding hydrogens is 270 g/mol. The second-order valence-corrected chi connectivity index (χ2v) is 7.33. The van der Waals surface area contributed by atoms with E-state index in [-0.39, 0.29) is 0 Å². The molecular formula is C16H17NO2S. The van der Waals surface area contributed by atoms with Crippen LogP contribution in [0.1, 0.15) is 11.1 Å². The van der Waals surface area contributed by atoms with Crippen molar-refractivity contribution in [1.29, 1.82) is 0 Å². The molecule has 0 saturated carbocycles. The summed E-state index contributed by atoms with van der Waals surface area (Å²) in [7, 11) is -3.12. The molecule has 2 aromatic rings. The lowest BCUT2D eigenvalue weighted by molar-refractivity contribution is 0.602. The summed E-state index contributed by atoms with van der Waals surface area (Å²) in [6, 6.07) is 15.8. The first-order valence-corrected chi connectivity index (χ1v) is 8.55. The van der Waals surface area contributed by atoms with Crippen LogP contribution >= 0.6 is 0 Å². The van der Waals surface area contributed by atoms with Crippen molar-refractivity contribution in [1.82, 2.24) is 0 Å². The van der Waals surface area contributed by atoms with Gasteiger partial charge < -0.3 is 5.32 Å². The zero-order valence-electron chi connectivity index (χ0n) is 11.3. The third kappa shape index (κ3) is 2.70. The summed E-state index contributed by atoms with van der Waals surface area (Å²) in [5, 5.41) is 3.47. The predicted octanol–water partition coefficient (Wildman–Crippen LogP) is 2.67. The maximum atomic E-state index is 11.4. The molecule has 0 aliphatic heterocycles. The molecule has 0 bridgehead atoms. The molecule has 0 radical (unpaired) electrons. The van der Waals surface area contributed by atoms with Crippen LogP contribution in [0.4, 0.5) is 5.69 Å². The van der Waals surface area contributed by atoms with E-state index < -0.39 is 9.84 Å². The average molecular weight is 287 g/mol. The van der Waals surface area contributed by atoms with Crippen molar-refractivity contribution >= 4 is 15.5 Å². The molecule has 104 valence electrons. The molecule has 3 nitrogen and oxygen atoms in total. The molecule has 4 heteroatoms. The standard InChI is InChI=1S/C16H17NO2S/c1-20(18,19)16-8-6-14(7-9-16)17-15-10-12-4-2-3-5-13(12)11-15/h2-9,15,17H,10-11H2,1H3. The molecule has 0 aromatic heterocycles. The van der Waals surface area contributed by atoms with Crippen LogP contribution in [0.5, 0.6) is 0 Å². The molecule has 1 aliphatic rings. The summed E-state index contributed by atoms with van der Waals surface area (Å²) < 4.78 is 22.8. The number of anilines is 1. The Kier molecular flexibility index (Phi) is 3.26. The van der Waals surface area contributed by atoms with Crippen LogP contribution in [-0.2, 0) is 22.7 Å². The number of benzene rings is 2. The molecule has 0 unspecified atom stereocenters. The van der Waals surface area contributed by atoms with Crippen molar-refractivity contribution in [3.8, 4) is 0 Å². The van der Waals surface area contributed by atoms with Gasteiger partial charge in [0.25, 0.3) is 0 Å². The Bertz CT molecular complexity index is 695. The summed E-state index contributed by atoms with van der Waals surface area (Å²) in [5.41, 5.74) is 3.77. The van der Waals surface area contributed by atoms with Gasteiger partial charge in [-0.1, -0.05) is 24.3 Å². The van der Waals surface area contributed by atoms with Crippen molar-refractivity contribution in [2.75, 3.05) is 11.6 Å². The van der Waals surface area contributed by atoms with Crippen molar-refractivity contribution in [2.24, 2.45) is 0 Å². The van der Waals surface area contributed by atoms with Gasteiger partial charge in [0.15, 0.2) is 9.84 Å². The third-order valence-corrected chi connectivity index (χ3v) is 4.83. The van der Waals surface area contributed by atoms with E-state index in [9.17, 15) is 8.42 Å². The van der Waals surface area contributed by atoms with Gasteiger partial charge in [-0.3, -0.25) is 0 Å². The smallest absolute Gasteiger partial charge is 0.175 e. The second-order valence-electron chi connectivity index (χ2n) is 5.31. The third-order valence-electron chi connectivity index (χ3n) is 3.70. The van der Waals surface area contributed by atoms with Crippen molar-refractivity contribution in [2.45, 2.75) is 23.8 Å². The summed E-state index contributed by atoms with van der Waals surface area (Å²) in [6.07, 6.45) is 3.26. The highest BCUT2D eigenvalue weighted by Gasteiger charge is 2.20. The number of hydrogen-bond acceptors (Lipinski definition) is 3. The van der Waals surface area contributed by atoms with Gasteiger partial charge in [-0.15, -0.1) is 0 Å². The number of rotatable bonds is 3. The van der Waals surface area contributed by atoms with Crippen molar-refractivity contribution in [3.05, 3.63) is 59.7 Å². The lowest BCUT2D eigenvalue weighted by atomic mass is 10.1. The Hall–Kier alpha value is -1.81. The van der Waals surface area contributed by atoms with E-state index in [1.165, 1.54) is 17.4 Å². The average Bonchev–Trinajstić information content (AvgIpc) is 2.80. The van der Waals surface area contributed by atoms with E-state index in [4.69, 9.17) is 0 Å². The molecule has 0 amide bonds. The highest BCUT2D eigenvalue weighted by atomic mass is 32.2. The van der Waals surface area contributed by atoms with Gasteiger partial charge in [0.05, 0.1) is 4.90 Å². The lowest BCUT2D eigenvalue weighted by Crippen LogP contribution is -2.19. The van der Waals surface area contributed by atoms with Gasteiger partial charge >= 0.3 is 0 Å². The zero-order chi connectivity index (χ0) is 14.2. The van der Waals surface area contributed by atoms with E-state index in [0.717, 1.165) is 18.5 Å². The Morgan fingerprint density at radius 3 is 2.00 bits per heavy atom. The van der Waals surface area contributed by atoms with Crippen LogP contribution in [0.25, 0.3) is 0 Å². The SMILES string of the molecule is CS(=O)(=O)c1ccc(NC2Cc3ccccc3C2)cc1. The monoisotopic (exact) mass is 287 g/mol. The Morgan fingerprint density at radius 1 is 0.950 bits per heavy atom. The van der Waals surface area contributed by atoms with Crippen molar-refractivity contribution in [3.63, 3.8) is 0 Å². The van der Waals surface area contributed by atoms with E-state index >= 15 is 0 Å². The highest BCUT2D eigenvalue weighted by Crippen LogP contribution is 2.24. The molecule has 0 atom stereocenters. The molecule has 1 aliphatic carbocycles. The second kappa shape index (κ2) is 4.94. The normalized spacial score (nSPS) is 15.1. The molecule has 1 N–H and O–H groups in total. The topological polar surface area (TPSA) is 46.2 Å². The molecule has 20 heavy (non-hydrogen) atoms. The summed E-state index contributed by atoms with van der Waals surface area (Å²) >= 11 is 0. The fourth-order valence-electron chi connectivity index (χ4n) is 2.69. The Morgan fingerprint density at radius 2 is 1.50 bits per heavy atom. The first-order chi connectivity index (χ1) is 9.52. The minimum absolute atomic E-state index is 0.359. The Labute approximate surface area is 119 Å². The molecule has 0 heterocycles. The molecule has 0 spiro atoms. The minimum Gasteiger partial charge on any atom is -0.382 e. The van der Waals surface area contributed by atoms with Gasteiger partial charge in [0, 0.05) is 18.0 Å². The van der Waals surface area contributed by atoms with Gasteiger partial charge in [0.2, 0.25) is 0 Å². The van der Waals surface area contributed by atoms with Gasteiger partial charge in [-0.25, -0.2) is 8.42 Å². The Balaban J connectivity index is 1.71. The van der Waals surface area contributed by atoms with E-state index in [1.807, 2.05) is 12.1 Å². The maximum Gasteiger partial charge on any atom is 0.175 e. The van der Waals surface area contributed by atoms with Crippen LogP contribution in [0.15, 0.2) is 53.4 Å². The van der Waals surface area contributed by atoms with Crippen LogP contribution in [-0.4, -0.2) is 20.7 Å². The fraction of sp³-hybridized carbons (Fsp3) is 0.250.